The number of hydrogen-bond donors (Lipinski definition) is 2. The Balaban J connectivity index is 3.46. The normalized spacial score (nSPS) is 10.1. The summed E-state index contributed by atoms with van der Waals surface area (Å²) >= 11 is 0. The number of hydrogen-bond acceptors (Lipinski definition) is 2. The van der Waals surface area contributed by atoms with Gasteiger partial charge in [0.15, 0.2) is 11.6 Å². The summed E-state index contributed by atoms with van der Waals surface area (Å²) in [4.78, 5) is 0. The summed E-state index contributed by atoms with van der Waals surface area (Å²) in [6.07, 6.45) is 0. The summed E-state index contributed by atoms with van der Waals surface area (Å²) < 4.78 is 12.9. The van der Waals surface area contributed by atoms with Gasteiger partial charge in [0.1, 0.15) is 0 Å². The van der Waals surface area contributed by atoms with Crippen LogP contribution in [-0.4, -0.2) is 5.11 Å². The Morgan fingerprint density at radius 3 is 2.55 bits per heavy atom. The van der Waals surface area contributed by atoms with Crippen LogP contribution in [0.5, 0.6) is 5.75 Å². The van der Waals surface area contributed by atoms with Crippen molar-refractivity contribution in [3.63, 3.8) is 0 Å². The minimum Gasteiger partial charge on any atom is -0.505 e. The lowest BCUT2D eigenvalue weighted by Crippen LogP contribution is -1.94. The van der Waals surface area contributed by atoms with Crippen LogP contribution in [0.25, 0.3) is 0 Å². The molecule has 0 heterocycles. The molecular weight excluding hydrogens is 145 g/mol. The number of anilines is 1. The number of phenols is 1. The Labute approximate surface area is 64.5 Å². The van der Waals surface area contributed by atoms with Gasteiger partial charge in [-0.25, -0.2) is 4.39 Å². The van der Waals surface area contributed by atoms with Crippen LogP contribution in [0.15, 0.2) is 6.07 Å². The van der Waals surface area contributed by atoms with Gasteiger partial charge >= 0.3 is 0 Å². The highest BCUT2D eigenvalue weighted by atomic mass is 19.1. The first-order valence-corrected chi connectivity index (χ1v) is 3.28. The number of aromatic hydroxyl groups is 1. The quantitative estimate of drug-likeness (QED) is 0.560. The van der Waals surface area contributed by atoms with Gasteiger partial charge in [-0.1, -0.05) is 0 Å². The fraction of sp³-hybridized carbons (Fsp3) is 0.250. The predicted octanol–water partition coefficient (Wildman–Crippen LogP) is 1.73. The molecule has 0 bridgehead atoms. The number of nitrogen functional groups attached to an aromatic ring is 1. The lowest BCUT2D eigenvalue weighted by Gasteiger charge is -2.05. The van der Waals surface area contributed by atoms with E-state index in [1.807, 2.05) is 0 Å². The van der Waals surface area contributed by atoms with E-state index in [2.05, 4.69) is 0 Å². The number of halogens is 1. The number of benzene rings is 1. The Morgan fingerprint density at radius 2 is 2.00 bits per heavy atom. The molecular formula is C8H10FNO. The second-order valence-electron chi connectivity index (χ2n) is 2.57. The van der Waals surface area contributed by atoms with E-state index < -0.39 is 5.82 Å². The Hall–Kier alpha value is -1.25. The smallest absolute Gasteiger partial charge is 0.168 e. The standard InChI is InChI=1S/C8H10FNO/c1-4-3-6(10)5(2)8(11)7(4)9/h3,11H,10H2,1-2H3. The second kappa shape index (κ2) is 2.42. The molecule has 0 amide bonds. The maximum atomic E-state index is 12.9. The Bertz CT molecular complexity index is 270. The molecule has 0 spiro atoms. The molecule has 3 heteroatoms. The van der Waals surface area contributed by atoms with Gasteiger partial charge < -0.3 is 10.8 Å². The van der Waals surface area contributed by atoms with E-state index in [0.717, 1.165) is 0 Å². The van der Waals surface area contributed by atoms with Crippen LogP contribution in [0.2, 0.25) is 0 Å². The van der Waals surface area contributed by atoms with Crippen molar-refractivity contribution in [2.45, 2.75) is 13.8 Å². The first kappa shape index (κ1) is 7.85. The number of aryl methyl sites for hydroxylation is 1. The van der Waals surface area contributed by atoms with E-state index in [-0.39, 0.29) is 5.75 Å². The van der Waals surface area contributed by atoms with Gasteiger partial charge in [-0.15, -0.1) is 0 Å². The van der Waals surface area contributed by atoms with Crippen molar-refractivity contribution < 1.29 is 9.50 Å². The van der Waals surface area contributed by atoms with Crippen molar-refractivity contribution in [3.05, 3.63) is 23.0 Å². The summed E-state index contributed by atoms with van der Waals surface area (Å²) in [7, 11) is 0. The minimum absolute atomic E-state index is 0.345. The molecule has 1 aromatic carbocycles. The molecule has 0 saturated carbocycles. The van der Waals surface area contributed by atoms with Crippen LogP contribution < -0.4 is 5.73 Å². The summed E-state index contributed by atoms with van der Waals surface area (Å²) in [5.74, 6) is -0.931. The molecule has 0 aliphatic rings. The molecule has 2 nitrogen and oxygen atoms in total. The highest BCUT2D eigenvalue weighted by Gasteiger charge is 2.09. The second-order valence-corrected chi connectivity index (χ2v) is 2.57. The SMILES string of the molecule is Cc1cc(N)c(C)c(O)c1F. The lowest BCUT2D eigenvalue weighted by molar-refractivity contribution is 0.427. The third-order valence-corrected chi connectivity index (χ3v) is 1.71. The van der Waals surface area contributed by atoms with Crippen molar-refractivity contribution in [2.75, 3.05) is 5.73 Å². The zero-order chi connectivity index (χ0) is 8.59. The van der Waals surface area contributed by atoms with E-state index in [0.29, 0.717) is 16.8 Å². The Kier molecular flexibility index (Phi) is 1.72. The summed E-state index contributed by atoms with van der Waals surface area (Å²) in [5, 5.41) is 9.11. The van der Waals surface area contributed by atoms with Gasteiger partial charge in [0.25, 0.3) is 0 Å². The zero-order valence-electron chi connectivity index (χ0n) is 6.48. The van der Waals surface area contributed by atoms with Gasteiger partial charge in [0.05, 0.1) is 0 Å². The molecule has 0 saturated heterocycles. The van der Waals surface area contributed by atoms with Crippen LogP contribution >= 0.6 is 0 Å². The topological polar surface area (TPSA) is 46.2 Å². The molecule has 0 atom stereocenters. The minimum atomic E-state index is -0.586. The lowest BCUT2D eigenvalue weighted by atomic mass is 10.1. The first-order chi connectivity index (χ1) is 5.04. The maximum Gasteiger partial charge on any atom is 0.168 e. The van der Waals surface area contributed by atoms with Crippen molar-refractivity contribution in [3.8, 4) is 5.75 Å². The Morgan fingerprint density at radius 1 is 1.45 bits per heavy atom. The molecule has 0 aliphatic heterocycles. The maximum absolute atomic E-state index is 12.9. The van der Waals surface area contributed by atoms with E-state index >= 15 is 0 Å². The van der Waals surface area contributed by atoms with Gasteiger partial charge in [-0.3, -0.25) is 0 Å². The molecule has 11 heavy (non-hydrogen) atoms. The van der Waals surface area contributed by atoms with Gasteiger partial charge in [0, 0.05) is 11.3 Å². The van der Waals surface area contributed by atoms with E-state index in [1.54, 1.807) is 13.8 Å². The van der Waals surface area contributed by atoms with Gasteiger partial charge in [0.2, 0.25) is 0 Å². The molecule has 0 aliphatic carbocycles. The molecule has 0 unspecified atom stereocenters. The summed E-state index contributed by atoms with van der Waals surface area (Å²) in [5.41, 5.74) is 6.64. The molecule has 3 N–H and O–H groups in total. The largest absolute Gasteiger partial charge is 0.505 e. The highest BCUT2D eigenvalue weighted by molar-refractivity contribution is 5.55. The number of phenolic OH excluding ortho intramolecular Hbond substituents is 1. The van der Waals surface area contributed by atoms with E-state index in [9.17, 15) is 4.39 Å². The predicted molar refractivity (Wildman–Crippen MR) is 42.0 cm³/mol. The average Bonchev–Trinajstić information content (AvgIpc) is 1.97. The summed E-state index contributed by atoms with van der Waals surface area (Å²) in [6.45, 7) is 3.14. The first-order valence-electron chi connectivity index (χ1n) is 3.28. The number of rotatable bonds is 0. The van der Waals surface area contributed by atoms with Crippen LogP contribution in [0.4, 0.5) is 10.1 Å². The van der Waals surface area contributed by atoms with Crippen molar-refractivity contribution in [1.29, 1.82) is 0 Å². The van der Waals surface area contributed by atoms with Crippen LogP contribution in [0, 0.1) is 19.7 Å². The molecule has 0 fully saturated rings. The molecule has 0 radical (unpaired) electrons. The monoisotopic (exact) mass is 155 g/mol. The number of nitrogens with two attached hydrogens (primary N) is 1. The van der Waals surface area contributed by atoms with Crippen LogP contribution in [0.3, 0.4) is 0 Å². The van der Waals surface area contributed by atoms with E-state index in [1.165, 1.54) is 6.07 Å². The fourth-order valence-corrected chi connectivity index (χ4v) is 0.893. The van der Waals surface area contributed by atoms with Crippen molar-refractivity contribution >= 4 is 5.69 Å². The highest BCUT2D eigenvalue weighted by Crippen LogP contribution is 2.28. The average molecular weight is 155 g/mol. The van der Waals surface area contributed by atoms with E-state index in [4.69, 9.17) is 10.8 Å². The molecule has 0 aromatic heterocycles. The third kappa shape index (κ3) is 1.13. The van der Waals surface area contributed by atoms with Gasteiger partial charge in [-0.05, 0) is 25.5 Å². The fourth-order valence-electron chi connectivity index (χ4n) is 0.893. The molecule has 60 valence electrons. The summed E-state index contributed by atoms with van der Waals surface area (Å²) in [6, 6.07) is 1.50. The van der Waals surface area contributed by atoms with Crippen molar-refractivity contribution in [2.24, 2.45) is 0 Å². The van der Waals surface area contributed by atoms with Crippen molar-refractivity contribution in [1.82, 2.24) is 0 Å². The van der Waals surface area contributed by atoms with Crippen LogP contribution in [0.1, 0.15) is 11.1 Å². The molecule has 1 rings (SSSR count). The van der Waals surface area contributed by atoms with Gasteiger partial charge in [-0.2, -0.15) is 0 Å². The molecule has 1 aromatic rings. The third-order valence-electron chi connectivity index (χ3n) is 1.71. The zero-order valence-corrected chi connectivity index (χ0v) is 6.48. The van der Waals surface area contributed by atoms with Crippen LogP contribution in [-0.2, 0) is 0 Å².